The van der Waals surface area contributed by atoms with Crippen LogP contribution in [0.5, 0.6) is 0 Å². The van der Waals surface area contributed by atoms with Gasteiger partial charge in [0.05, 0.1) is 0 Å². The molecule has 4 nitrogen and oxygen atoms in total. The molecule has 1 aliphatic heterocycles. The Balaban J connectivity index is 2.78. The van der Waals surface area contributed by atoms with E-state index >= 15 is 0 Å². The maximum atomic E-state index is 12.3. The number of nitrogens with zero attached hydrogens (tertiary/aromatic N) is 1. The number of rotatable bonds is 6. The molecule has 1 rings (SSSR count). The summed E-state index contributed by atoms with van der Waals surface area (Å²) in [4.78, 5) is 25.7. The van der Waals surface area contributed by atoms with Crippen molar-refractivity contribution in [2.75, 3.05) is 12.3 Å². The minimum Gasteiger partial charge on any atom is -0.343 e. The van der Waals surface area contributed by atoms with Crippen LogP contribution in [0.1, 0.15) is 33.6 Å². The molecule has 2 unspecified atom stereocenters. The zero-order chi connectivity index (χ0) is 16.2. The van der Waals surface area contributed by atoms with Gasteiger partial charge >= 0.3 is 5.51 Å². The summed E-state index contributed by atoms with van der Waals surface area (Å²) in [5.74, 6) is -0.643. The first-order valence-corrected chi connectivity index (χ1v) is 7.95. The van der Waals surface area contributed by atoms with Gasteiger partial charge in [0.1, 0.15) is 12.1 Å². The number of hydrogen-bond acceptors (Lipinski definition) is 3. The van der Waals surface area contributed by atoms with E-state index in [0.29, 0.717) is 12.8 Å². The van der Waals surface area contributed by atoms with E-state index in [1.165, 1.54) is 4.90 Å². The molecule has 0 radical (unpaired) electrons. The van der Waals surface area contributed by atoms with Gasteiger partial charge in [0.15, 0.2) is 0 Å². The fraction of sp³-hybridized carbons (Fsp3) is 0.846. The molecule has 0 aliphatic carbocycles. The van der Waals surface area contributed by atoms with E-state index in [9.17, 15) is 22.8 Å². The van der Waals surface area contributed by atoms with Crippen LogP contribution in [-0.4, -0.2) is 46.6 Å². The van der Waals surface area contributed by atoms with Gasteiger partial charge in [-0.1, -0.05) is 20.8 Å². The van der Waals surface area contributed by atoms with Crippen LogP contribution in [-0.2, 0) is 9.59 Å². The third-order valence-electron chi connectivity index (χ3n) is 3.28. The van der Waals surface area contributed by atoms with Crippen LogP contribution < -0.4 is 5.32 Å². The van der Waals surface area contributed by atoms with E-state index in [2.05, 4.69) is 5.32 Å². The van der Waals surface area contributed by atoms with Gasteiger partial charge in [0, 0.05) is 12.3 Å². The summed E-state index contributed by atoms with van der Waals surface area (Å²) in [5, 5.41) is 2.65. The van der Waals surface area contributed by atoms with Crippen LogP contribution >= 0.6 is 11.8 Å². The van der Waals surface area contributed by atoms with Gasteiger partial charge in [-0.3, -0.25) is 9.59 Å². The molecule has 0 spiro atoms. The van der Waals surface area contributed by atoms with Crippen molar-refractivity contribution in [2.45, 2.75) is 51.2 Å². The molecular formula is C13H21F3N2O2S. The van der Waals surface area contributed by atoms with Crippen LogP contribution in [0.2, 0.25) is 0 Å². The molecule has 1 aliphatic rings. The molecule has 0 aromatic rings. The second kappa shape index (κ2) is 7.38. The number of alkyl halides is 3. The minimum atomic E-state index is -4.32. The summed E-state index contributed by atoms with van der Waals surface area (Å²) < 4.78 is 36.6. The van der Waals surface area contributed by atoms with Crippen molar-refractivity contribution >= 4 is 23.6 Å². The van der Waals surface area contributed by atoms with Gasteiger partial charge < -0.3 is 10.2 Å². The topological polar surface area (TPSA) is 49.4 Å². The van der Waals surface area contributed by atoms with Gasteiger partial charge in [0.2, 0.25) is 11.8 Å². The predicted molar refractivity (Wildman–Crippen MR) is 75.7 cm³/mol. The van der Waals surface area contributed by atoms with Crippen LogP contribution in [0.3, 0.4) is 0 Å². The van der Waals surface area contributed by atoms with E-state index in [1.807, 2.05) is 13.8 Å². The molecule has 1 saturated heterocycles. The average molecular weight is 326 g/mol. The highest BCUT2D eigenvalue weighted by Gasteiger charge is 2.40. The highest BCUT2D eigenvalue weighted by atomic mass is 32.2. The maximum Gasteiger partial charge on any atom is 0.441 e. The molecule has 21 heavy (non-hydrogen) atoms. The largest absolute Gasteiger partial charge is 0.441 e. The molecule has 1 heterocycles. The van der Waals surface area contributed by atoms with Crippen molar-refractivity contribution in [3.8, 4) is 0 Å². The lowest BCUT2D eigenvalue weighted by Gasteiger charge is -2.39. The summed E-state index contributed by atoms with van der Waals surface area (Å²) in [6, 6.07) is -1.30. The number of carbonyl (C=O) groups is 2. The van der Waals surface area contributed by atoms with E-state index in [0.717, 1.165) is 0 Å². The Morgan fingerprint density at radius 1 is 1.33 bits per heavy atom. The van der Waals surface area contributed by atoms with Crippen molar-refractivity contribution in [1.29, 1.82) is 0 Å². The van der Waals surface area contributed by atoms with Gasteiger partial charge in [-0.2, -0.15) is 13.2 Å². The first kappa shape index (κ1) is 18.1. The molecule has 2 atom stereocenters. The van der Waals surface area contributed by atoms with Crippen molar-refractivity contribution in [2.24, 2.45) is 5.92 Å². The average Bonchev–Trinajstić information content (AvgIpc) is 2.35. The Morgan fingerprint density at radius 2 is 1.95 bits per heavy atom. The number of amides is 2. The Hall–Kier alpha value is -0.920. The monoisotopic (exact) mass is 326 g/mol. The molecular weight excluding hydrogens is 305 g/mol. The fourth-order valence-corrected chi connectivity index (χ4v) is 2.83. The second-order valence-electron chi connectivity index (χ2n) is 5.44. The van der Waals surface area contributed by atoms with Crippen molar-refractivity contribution in [3.63, 3.8) is 0 Å². The highest BCUT2D eigenvalue weighted by molar-refractivity contribution is 8.00. The number of halogens is 3. The highest BCUT2D eigenvalue weighted by Crippen LogP contribution is 2.30. The van der Waals surface area contributed by atoms with Gasteiger partial charge in [0.25, 0.3) is 0 Å². The number of piperazine rings is 1. The smallest absolute Gasteiger partial charge is 0.343 e. The first-order valence-electron chi connectivity index (χ1n) is 6.97. The third-order valence-corrected chi connectivity index (χ3v) is 3.99. The molecule has 0 aromatic heterocycles. The Labute approximate surface area is 126 Å². The summed E-state index contributed by atoms with van der Waals surface area (Å²) in [7, 11) is 0. The van der Waals surface area contributed by atoms with Crippen LogP contribution in [0.4, 0.5) is 13.2 Å². The second-order valence-corrected chi connectivity index (χ2v) is 6.60. The lowest BCUT2D eigenvalue weighted by Crippen LogP contribution is -2.63. The summed E-state index contributed by atoms with van der Waals surface area (Å²) in [6.07, 6.45) is 0.882. The summed E-state index contributed by atoms with van der Waals surface area (Å²) in [5.41, 5.74) is -4.32. The molecule has 2 amide bonds. The summed E-state index contributed by atoms with van der Waals surface area (Å²) in [6.45, 7) is 5.51. The van der Waals surface area contributed by atoms with Crippen molar-refractivity contribution in [1.82, 2.24) is 10.2 Å². The normalized spacial score (nSPS) is 23.7. The maximum absolute atomic E-state index is 12.3. The van der Waals surface area contributed by atoms with E-state index < -0.39 is 17.6 Å². The molecule has 122 valence electrons. The zero-order valence-electron chi connectivity index (χ0n) is 12.4. The van der Waals surface area contributed by atoms with Crippen molar-refractivity contribution < 1.29 is 22.8 Å². The lowest BCUT2D eigenvalue weighted by atomic mass is 9.97. The van der Waals surface area contributed by atoms with Crippen LogP contribution in [0.15, 0.2) is 0 Å². The third kappa shape index (κ3) is 5.41. The lowest BCUT2D eigenvalue weighted by molar-refractivity contribution is -0.149. The number of nitrogens with one attached hydrogen (secondary N) is 1. The zero-order valence-corrected chi connectivity index (χ0v) is 13.2. The first-order chi connectivity index (χ1) is 9.65. The molecule has 8 heteroatoms. The number of thioether (sulfide) groups is 1. The summed E-state index contributed by atoms with van der Waals surface area (Å²) >= 11 is -0.165. The van der Waals surface area contributed by atoms with Crippen LogP contribution in [0, 0.1) is 5.92 Å². The Bertz CT molecular complexity index is 388. The standard InChI is InChI=1S/C13H21F3N2O2S/c1-4-9-12(20)18(5-6-21-13(14,15)16)10(7-8(2)3)11(19)17-9/h8-10H,4-7H2,1-3H3,(H,17,19). The van der Waals surface area contributed by atoms with E-state index in [1.54, 1.807) is 6.92 Å². The van der Waals surface area contributed by atoms with E-state index in [4.69, 9.17) is 0 Å². The molecule has 0 bridgehead atoms. The van der Waals surface area contributed by atoms with Crippen LogP contribution in [0.25, 0.3) is 0 Å². The van der Waals surface area contributed by atoms with E-state index in [-0.39, 0.29) is 41.8 Å². The number of carbonyl (C=O) groups excluding carboxylic acids is 2. The Kier molecular flexibility index (Phi) is 6.37. The molecule has 1 fully saturated rings. The SMILES string of the molecule is CCC1NC(=O)C(CC(C)C)N(CCSC(F)(F)F)C1=O. The predicted octanol–water partition coefficient (Wildman–Crippen LogP) is 2.39. The Morgan fingerprint density at radius 3 is 2.43 bits per heavy atom. The molecule has 0 aromatic carbocycles. The minimum absolute atomic E-state index is 0.0652. The quantitative estimate of drug-likeness (QED) is 0.815. The number of hydrogen-bond donors (Lipinski definition) is 1. The molecule has 1 N–H and O–H groups in total. The van der Waals surface area contributed by atoms with Gasteiger partial charge in [-0.25, -0.2) is 0 Å². The fourth-order valence-electron chi connectivity index (χ4n) is 2.31. The molecule has 0 saturated carbocycles. The van der Waals surface area contributed by atoms with Gasteiger partial charge in [-0.15, -0.1) is 0 Å². The van der Waals surface area contributed by atoms with Crippen molar-refractivity contribution in [3.05, 3.63) is 0 Å². The van der Waals surface area contributed by atoms with Gasteiger partial charge in [-0.05, 0) is 30.5 Å².